The molecule has 2 aromatic heterocycles. The zero-order valence-corrected chi connectivity index (χ0v) is 6.75. The number of nitrogen functional groups attached to an aromatic ring is 1. The second-order valence-electron chi connectivity index (χ2n) is 2.42. The molecule has 0 fully saturated rings. The Balaban J connectivity index is 2.42. The molecule has 5 nitrogen and oxygen atoms in total. The molecule has 13 heavy (non-hydrogen) atoms. The Kier molecular flexibility index (Phi) is 1.84. The average Bonchev–Trinajstić information content (AvgIpc) is 2.20. The average molecular weight is 173 g/mol. The number of hydrogen-bond acceptors (Lipinski definition) is 5. The molecule has 0 amide bonds. The highest BCUT2D eigenvalue weighted by Gasteiger charge is 1.98. The van der Waals surface area contributed by atoms with Gasteiger partial charge in [-0.15, -0.1) is 0 Å². The van der Waals surface area contributed by atoms with Gasteiger partial charge in [-0.1, -0.05) is 0 Å². The van der Waals surface area contributed by atoms with Crippen LogP contribution in [0.2, 0.25) is 0 Å². The first-order valence-electron chi connectivity index (χ1n) is 3.70. The molecule has 0 aromatic carbocycles. The molecule has 2 heterocycles. The van der Waals surface area contributed by atoms with Crippen LogP contribution >= 0.6 is 0 Å². The molecule has 0 saturated carbocycles. The van der Waals surface area contributed by atoms with Crippen molar-refractivity contribution in [3.63, 3.8) is 0 Å². The Labute approximate surface area is 74.7 Å². The Morgan fingerprint density at radius 2 is 1.85 bits per heavy atom. The maximum Gasteiger partial charge on any atom is 0.219 e. The first-order valence-corrected chi connectivity index (χ1v) is 3.70. The molecule has 2 rings (SSSR count). The van der Waals surface area contributed by atoms with Gasteiger partial charge in [0.25, 0.3) is 0 Å². The van der Waals surface area contributed by atoms with Gasteiger partial charge in [0, 0.05) is 24.2 Å². The van der Waals surface area contributed by atoms with Crippen LogP contribution < -0.4 is 5.73 Å². The molecule has 2 N–H and O–H groups in total. The summed E-state index contributed by atoms with van der Waals surface area (Å²) in [5.74, 6) is 0.262. The van der Waals surface area contributed by atoms with Crippen LogP contribution in [0.3, 0.4) is 0 Å². The minimum absolute atomic E-state index is 0.262. The summed E-state index contributed by atoms with van der Waals surface area (Å²) in [7, 11) is 0. The Hall–Kier alpha value is -2.04. The zero-order chi connectivity index (χ0) is 9.10. The zero-order valence-electron chi connectivity index (χ0n) is 6.75. The van der Waals surface area contributed by atoms with Crippen molar-refractivity contribution in [1.82, 2.24) is 19.9 Å². The Bertz CT molecular complexity index is 383. The van der Waals surface area contributed by atoms with Crippen LogP contribution in [0.25, 0.3) is 11.3 Å². The van der Waals surface area contributed by atoms with Crippen molar-refractivity contribution < 1.29 is 0 Å². The van der Waals surface area contributed by atoms with Crippen molar-refractivity contribution in [3.05, 3.63) is 31.0 Å². The third-order valence-corrected chi connectivity index (χ3v) is 1.55. The third kappa shape index (κ3) is 1.58. The predicted octanol–water partition coefficient (Wildman–Crippen LogP) is 0.516. The first-order chi connectivity index (χ1) is 6.36. The van der Waals surface area contributed by atoms with Gasteiger partial charge in [0.15, 0.2) is 0 Å². The predicted molar refractivity (Wildman–Crippen MR) is 47.5 cm³/mol. The van der Waals surface area contributed by atoms with E-state index in [9.17, 15) is 0 Å². The number of hydrogen-bond donors (Lipinski definition) is 1. The maximum atomic E-state index is 5.35. The number of nitrogens with zero attached hydrogens (tertiary/aromatic N) is 4. The van der Waals surface area contributed by atoms with Gasteiger partial charge in [-0.25, -0.2) is 19.9 Å². The van der Waals surface area contributed by atoms with Crippen LogP contribution in [-0.4, -0.2) is 19.9 Å². The van der Waals surface area contributed by atoms with E-state index in [0.29, 0.717) is 0 Å². The molecule has 2 aromatic rings. The molecular formula is C8H7N5. The van der Waals surface area contributed by atoms with Crippen molar-refractivity contribution >= 4 is 5.95 Å². The largest absolute Gasteiger partial charge is 0.368 e. The van der Waals surface area contributed by atoms with Crippen LogP contribution in [0, 0.1) is 0 Å². The van der Waals surface area contributed by atoms with E-state index in [4.69, 9.17) is 5.73 Å². The van der Waals surface area contributed by atoms with Crippen molar-refractivity contribution in [3.8, 4) is 11.3 Å². The van der Waals surface area contributed by atoms with Gasteiger partial charge in [0.05, 0.1) is 5.69 Å². The topological polar surface area (TPSA) is 77.6 Å². The van der Waals surface area contributed by atoms with E-state index in [0.717, 1.165) is 11.3 Å². The molecule has 0 radical (unpaired) electrons. The normalized spacial score (nSPS) is 9.85. The van der Waals surface area contributed by atoms with Crippen molar-refractivity contribution in [2.24, 2.45) is 0 Å². The summed E-state index contributed by atoms with van der Waals surface area (Å²) >= 11 is 0. The summed E-state index contributed by atoms with van der Waals surface area (Å²) in [5.41, 5.74) is 6.97. The monoisotopic (exact) mass is 173 g/mol. The molecular weight excluding hydrogens is 166 g/mol. The fraction of sp³-hybridized carbons (Fsp3) is 0. The van der Waals surface area contributed by atoms with E-state index in [2.05, 4.69) is 19.9 Å². The first kappa shape index (κ1) is 7.60. The van der Waals surface area contributed by atoms with E-state index in [1.165, 1.54) is 6.33 Å². The summed E-state index contributed by atoms with van der Waals surface area (Å²) in [6.45, 7) is 0. The van der Waals surface area contributed by atoms with Gasteiger partial charge in [-0.05, 0) is 6.07 Å². The molecule has 64 valence electrons. The fourth-order valence-corrected chi connectivity index (χ4v) is 0.932. The molecule has 0 aliphatic heterocycles. The summed E-state index contributed by atoms with van der Waals surface area (Å²) in [5, 5.41) is 0. The number of rotatable bonds is 1. The lowest BCUT2D eigenvalue weighted by Gasteiger charge is -1.97. The molecule has 0 saturated heterocycles. The quantitative estimate of drug-likeness (QED) is 0.680. The SMILES string of the molecule is Nc1ncc(-c2ccncn2)cn1. The van der Waals surface area contributed by atoms with Gasteiger partial charge in [0.1, 0.15) is 6.33 Å². The summed E-state index contributed by atoms with van der Waals surface area (Å²) < 4.78 is 0. The van der Waals surface area contributed by atoms with E-state index < -0.39 is 0 Å². The molecule has 0 atom stereocenters. The number of nitrogens with two attached hydrogens (primary N) is 1. The van der Waals surface area contributed by atoms with E-state index >= 15 is 0 Å². The van der Waals surface area contributed by atoms with E-state index in [-0.39, 0.29) is 5.95 Å². The summed E-state index contributed by atoms with van der Waals surface area (Å²) in [4.78, 5) is 15.6. The second-order valence-corrected chi connectivity index (χ2v) is 2.42. The molecule has 0 aliphatic rings. The fourth-order valence-electron chi connectivity index (χ4n) is 0.932. The lowest BCUT2D eigenvalue weighted by molar-refractivity contribution is 1.14. The third-order valence-electron chi connectivity index (χ3n) is 1.55. The lowest BCUT2D eigenvalue weighted by Crippen LogP contribution is -1.94. The maximum absolute atomic E-state index is 5.35. The molecule has 0 spiro atoms. The molecule has 5 heteroatoms. The highest BCUT2D eigenvalue weighted by atomic mass is 15.0. The van der Waals surface area contributed by atoms with Crippen LogP contribution in [0.15, 0.2) is 31.0 Å². The van der Waals surface area contributed by atoms with Gasteiger partial charge in [-0.3, -0.25) is 0 Å². The molecule has 0 bridgehead atoms. The lowest BCUT2D eigenvalue weighted by atomic mass is 10.2. The van der Waals surface area contributed by atoms with Crippen LogP contribution in [0.5, 0.6) is 0 Å². The van der Waals surface area contributed by atoms with Gasteiger partial charge >= 0.3 is 0 Å². The van der Waals surface area contributed by atoms with E-state index in [1.807, 2.05) is 0 Å². The Morgan fingerprint density at radius 1 is 1.08 bits per heavy atom. The molecule has 0 aliphatic carbocycles. The minimum atomic E-state index is 0.262. The van der Waals surface area contributed by atoms with Crippen LogP contribution in [0.1, 0.15) is 0 Å². The Morgan fingerprint density at radius 3 is 2.46 bits per heavy atom. The van der Waals surface area contributed by atoms with Crippen LogP contribution in [-0.2, 0) is 0 Å². The summed E-state index contributed by atoms with van der Waals surface area (Å²) in [6, 6.07) is 1.79. The smallest absolute Gasteiger partial charge is 0.219 e. The minimum Gasteiger partial charge on any atom is -0.368 e. The summed E-state index contributed by atoms with van der Waals surface area (Å²) in [6.07, 6.45) is 6.40. The standard InChI is InChI=1S/C8H7N5/c9-8-11-3-6(4-12-8)7-1-2-10-5-13-7/h1-5H,(H2,9,11,12). The van der Waals surface area contributed by atoms with Gasteiger partial charge in [0.2, 0.25) is 5.95 Å². The van der Waals surface area contributed by atoms with Crippen LogP contribution in [0.4, 0.5) is 5.95 Å². The van der Waals surface area contributed by atoms with Gasteiger partial charge in [-0.2, -0.15) is 0 Å². The van der Waals surface area contributed by atoms with Crippen molar-refractivity contribution in [2.45, 2.75) is 0 Å². The highest BCUT2D eigenvalue weighted by Crippen LogP contribution is 2.12. The highest BCUT2D eigenvalue weighted by molar-refractivity contribution is 5.56. The number of aromatic nitrogens is 4. The van der Waals surface area contributed by atoms with E-state index in [1.54, 1.807) is 24.7 Å². The van der Waals surface area contributed by atoms with Crippen molar-refractivity contribution in [1.29, 1.82) is 0 Å². The second kappa shape index (κ2) is 3.14. The number of anilines is 1. The van der Waals surface area contributed by atoms with Gasteiger partial charge < -0.3 is 5.73 Å². The molecule has 0 unspecified atom stereocenters. The van der Waals surface area contributed by atoms with Crippen molar-refractivity contribution in [2.75, 3.05) is 5.73 Å².